The van der Waals surface area contributed by atoms with E-state index in [1.54, 1.807) is 4.90 Å². The topological polar surface area (TPSA) is 57.6 Å². The molecular formula is C12H23NO3. The number of carbonyl (C=O) groups is 2. The molecule has 0 aromatic rings. The third-order valence-electron chi connectivity index (χ3n) is 2.55. The molecule has 0 aliphatic rings. The fourth-order valence-corrected chi connectivity index (χ4v) is 1.47. The van der Waals surface area contributed by atoms with Gasteiger partial charge in [-0.15, -0.1) is 0 Å². The van der Waals surface area contributed by atoms with E-state index in [2.05, 4.69) is 6.92 Å². The maximum atomic E-state index is 11.6. The molecule has 0 radical (unpaired) electrons. The fraction of sp³-hybridized carbons (Fsp3) is 0.833. The van der Waals surface area contributed by atoms with E-state index in [9.17, 15) is 9.59 Å². The van der Waals surface area contributed by atoms with Crippen LogP contribution in [0.3, 0.4) is 0 Å². The Hall–Kier alpha value is -1.06. The monoisotopic (exact) mass is 229 g/mol. The second kappa shape index (κ2) is 9.19. The minimum Gasteiger partial charge on any atom is -0.481 e. The summed E-state index contributed by atoms with van der Waals surface area (Å²) in [4.78, 5) is 23.6. The summed E-state index contributed by atoms with van der Waals surface area (Å²) >= 11 is 0. The highest BCUT2D eigenvalue weighted by Crippen LogP contribution is 2.04. The van der Waals surface area contributed by atoms with E-state index in [1.807, 2.05) is 7.05 Å². The second-order valence-electron chi connectivity index (χ2n) is 4.12. The normalized spacial score (nSPS) is 10.1. The second-order valence-corrected chi connectivity index (χ2v) is 4.12. The molecule has 0 atom stereocenters. The zero-order chi connectivity index (χ0) is 12.4. The van der Waals surface area contributed by atoms with Crippen molar-refractivity contribution in [2.75, 3.05) is 13.6 Å². The Labute approximate surface area is 97.6 Å². The molecular weight excluding hydrogens is 206 g/mol. The Morgan fingerprint density at radius 2 is 1.69 bits per heavy atom. The first-order valence-electron chi connectivity index (χ1n) is 6.03. The number of carboxylic acids is 1. The Morgan fingerprint density at radius 3 is 2.25 bits per heavy atom. The van der Waals surface area contributed by atoms with Crippen LogP contribution in [0.1, 0.15) is 51.9 Å². The zero-order valence-electron chi connectivity index (χ0n) is 10.4. The van der Waals surface area contributed by atoms with E-state index in [0.717, 1.165) is 25.8 Å². The fourth-order valence-electron chi connectivity index (χ4n) is 1.47. The third-order valence-corrected chi connectivity index (χ3v) is 2.55. The zero-order valence-corrected chi connectivity index (χ0v) is 10.4. The van der Waals surface area contributed by atoms with Gasteiger partial charge in [-0.05, 0) is 19.3 Å². The summed E-state index contributed by atoms with van der Waals surface area (Å²) in [6.07, 6.45) is 5.24. The first kappa shape index (κ1) is 14.9. The van der Waals surface area contributed by atoms with Crippen LogP contribution in [0.4, 0.5) is 0 Å². The van der Waals surface area contributed by atoms with Crippen molar-refractivity contribution < 1.29 is 14.7 Å². The average molecular weight is 229 g/mol. The summed E-state index contributed by atoms with van der Waals surface area (Å²) in [5.41, 5.74) is 0. The van der Waals surface area contributed by atoms with Crippen LogP contribution >= 0.6 is 0 Å². The number of carboxylic acid groups (broad SMARTS) is 1. The minimum atomic E-state index is -0.788. The van der Waals surface area contributed by atoms with Gasteiger partial charge >= 0.3 is 5.97 Å². The van der Waals surface area contributed by atoms with Gasteiger partial charge in [0.25, 0.3) is 0 Å². The summed E-state index contributed by atoms with van der Waals surface area (Å²) in [5.74, 6) is -0.662. The van der Waals surface area contributed by atoms with Crippen LogP contribution in [0.5, 0.6) is 0 Å². The molecule has 0 aliphatic heterocycles. The van der Waals surface area contributed by atoms with Crippen LogP contribution in [0.15, 0.2) is 0 Å². The van der Waals surface area contributed by atoms with Crippen molar-refractivity contribution in [3.05, 3.63) is 0 Å². The van der Waals surface area contributed by atoms with Crippen LogP contribution in [-0.2, 0) is 9.59 Å². The van der Waals surface area contributed by atoms with Crippen LogP contribution in [0.25, 0.3) is 0 Å². The number of amides is 1. The molecule has 0 saturated heterocycles. The Bertz CT molecular complexity index is 216. The average Bonchev–Trinajstić information content (AvgIpc) is 2.24. The van der Waals surface area contributed by atoms with Gasteiger partial charge in [0.2, 0.25) is 5.91 Å². The molecule has 0 aliphatic carbocycles. The van der Waals surface area contributed by atoms with Crippen molar-refractivity contribution in [2.45, 2.75) is 51.9 Å². The molecule has 94 valence electrons. The van der Waals surface area contributed by atoms with E-state index in [0.29, 0.717) is 19.3 Å². The van der Waals surface area contributed by atoms with E-state index in [-0.39, 0.29) is 12.3 Å². The van der Waals surface area contributed by atoms with Gasteiger partial charge in [0.1, 0.15) is 0 Å². The smallest absolute Gasteiger partial charge is 0.303 e. The lowest BCUT2D eigenvalue weighted by molar-refractivity contribution is -0.137. The number of hydrogen-bond donors (Lipinski definition) is 1. The standard InChI is InChI=1S/C12H23NO3/c1-3-4-7-10-13(2)11(14)8-5-6-9-12(15)16/h3-10H2,1-2H3,(H,15,16). The van der Waals surface area contributed by atoms with Crippen LogP contribution in [0, 0.1) is 0 Å². The maximum Gasteiger partial charge on any atom is 0.303 e. The van der Waals surface area contributed by atoms with E-state index < -0.39 is 5.97 Å². The molecule has 0 aromatic carbocycles. The largest absolute Gasteiger partial charge is 0.481 e. The highest BCUT2D eigenvalue weighted by Gasteiger charge is 2.07. The number of carbonyl (C=O) groups excluding carboxylic acids is 1. The highest BCUT2D eigenvalue weighted by molar-refractivity contribution is 5.75. The van der Waals surface area contributed by atoms with Crippen molar-refractivity contribution in [3.63, 3.8) is 0 Å². The van der Waals surface area contributed by atoms with Gasteiger partial charge in [-0.2, -0.15) is 0 Å². The van der Waals surface area contributed by atoms with Gasteiger partial charge in [0.15, 0.2) is 0 Å². The highest BCUT2D eigenvalue weighted by atomic mass is 16.4. The summed E-state index contributed by atoms with van der Waals surface area (Å²) in [6.45, 7) is 2.94. The molecule has 0 unspecified atom stereocenters. The van der Waals surface area contributed by atoms with Gasteiger partial charge in [0, 0.05) is 26.4 Å². The first-order valence-corrected chi connectivity index (χ1v) is 6.03. The maximum absolute atomic E-state index is 11.6. The van der Waals surface area contributed by atoms with Crippen LogP contribution in [0.2, 0.25) is 0 Å². The molecule has 0 aromatic heterocycles. The van der Waals surface area contributed by atoms with Crippen molar-refractivity contribution in [1.82, 2.24) is 4.90 Å². The molecule has 0 saturated carbocycles. The van der Waals surface area contributed by atoms with Gasteiger partial charge < -0.3 is 10.0 Å². The molecule has 16 heavy (non-hydrogen) atoms. The SMILES string of the molecule is CCCCCN(C)C(=O)CCCCC(=O)O. The summed E-state index contributed by atoms with van der Waals surface area (Å²) in [5, 5.41) is 8.44. The van der Waals surface area contributed by atoms with Crippen molar-refractivity contribution >= 4 is 11.9 Å². The first-order chi connectivity index (χ1) is 7.57. The lowest BCUT2D eigenvalue weighted by atomic mass is 10.1. The molecule has 4 nitrogen and oxygen atoms in total. The molecule has 0 rings (SSSR count). The number of rotatable bonds is 9. The lowest BCUT2D eigenvalue weighted by Crippen LogP contribution is -2.27. The van der Waals surface area contributed by atoms with Crippen LogP contribution < -0.4 is 0 Å². The number of unbranched alkanes of at least 4 members (excludes halogenated alkanes) is 3. The molecule has 0 fully saturated rings. The predicted molar refractivity (Wildman–Crippen MR) is 63.3 cm³/mol. The van der Waals surface area contributed by atoms with Crippen molar-refractivity contribution in [2.24, 2.45) is 0 Å². The predicted octanol–water partition coefficient (Wildman–Crippen LogP) is 2.28. The molecule has 4 heteroatoms. The van der Waals surface area contributed by atoms with Gasteiger partial charge in [-0.25, -0.2) is 0 Å². The van der Waals surface area contributed by atoms with E-state index in [1.165, 1.54) is 0 Å². The Balaban J connectivity index is 3.51. The Morgan fingerprint density at radius 1 is 1.06 bits per heavy atom. The quantitative estimate of drug-likeness (QED) is 0.617. The summed E-state index contributed by atoms with van der Waals surface area (Å²) < 4.78 is 0. The van der Waals surface area contributed by atoms with E-state index >= 15 is 0 Å². The van der Waals surface area contributed by atoms with Gasteiger partial charge in [-0.1, -0.05) is 19.8 Å². The van der Waals surface area contributed by atoms with Crippen molar-refractivity contribution in [3.8, 4) is 0 Å². The Kier molecular flexibility index (Phi) is 8.58. The number of hydrogen-bond acceptors (Lipinski definition) is 2. The van der Waals surface area contributed by atoms with Crippen molar-refractivity contribution in [1.29, 1.82) is 0 Å². The molecule has 1 amide bonds. The molecule has 0 heterocycles. The molecule has 0 bridgehead atoms. The molecule has 0 spiro atoms. The lowest BCUT2D eigenvalue weighted by Gasteiger charge is -2.16. The molecule has 1 N–H and O–H groups in total. The van der Waals surface area contributed by atoms with Crippen LogP contribution in [-0.4, -0.2) is 35.5 Å². The number of nitrogens with zero attached hydrogens (tertiary/aromatic N) is 1. The summed E-state index contributed by atoms with van der Waals surface area (Å²) in [6, 6.07) is 0. The van der Waals surface area contributed by atoms with E-state index in [4.69, 9.17) is 5.11 Å². The van der Waals surface area contributed by atoms with Gasteiger partial charge in [0.05, 0.1) is 0 Å². The number of aliphatic carboxylic acids is 1. The third kappa shape index (κ3) is 8.26. The summed E-state index contributed by atoms with van der Waals surface area (Å²) in [7, 11) is 1.81. The minimum absolute atomic E-state index is 0.126. The van der Waals surface area contributed by atoms with Gasteiger partial charge in [-0.3, -0.25) is 9.59 Å².